The number of hydrogen-bond donors (Lipinski definition) is 1. The van der Waals surface area contributed by atoms with Gasteiger partial charge in [0, 0.05) is 32.1 Å². The predicted molar refractivity (Wildman–Crippen MR) is 87.4 cm³/mol. The zero-order chi connectivity index (χ0) is 15.2. The number of amides is 1. The van der Waals surface area contributed by atoms with Crippen LogP contribution in [-0.2, 0) is 16.0 Å². The number of benzene rings is 1. The minimum Gasteiger partial charge on any atom is -0.465 e. The van der Waals surface area contributed by atoms with Crippen molar-refractivity contribution in [2.24, 2.45) is 0 Å². The molecule has 1 aromatic carbocycles. The fourth-order valence-electron chi connectivity index (χ4n) is 2.49. The Kier molecular flexibility index (Phi) is 7.35. The van der Waals surface area contributed by atoms with Crippen molar-refractivity contribution in [2.45, 2.75) is 25.8 Å². The van der Waals surface area contributed by atoms with Gasteiger partial charge in [0.25, 0.3) is 0 Å². The topological polar surface area (TPSA) is 58.6 Å². The van der Waals surface area contributed by atoms with Crippen molar-refractivity contribution in [1.82, 2.24) is 10.2 Å². The number of methoxy groups -OCH3 is 1. The highest BCUT2D eigenvalue weighted by atomic mass is 35.5. The van der Waals surface area contributed by atoms with Gasteiger partial charge in [0.1, 0.15) is 0 Å². The molecule has 1 saturated heterocycles. The van der Waals surface area contributed by atoms with E-state index in [9.17, 15) is 9.59 Å². The molecule has 1 heterocycles. The number of halogens is 1. The minimum absolute atomic E-state index is 0. The molecule has 1 aliphatic heterocycles. The Hall–Kier alpha value is -1.59. The molecule has 1 atom stereocenters. The molecule has 1 aliphatic rings. The van der Waals surface area contributed by atoms with E-state index < -0.39 is 0 Å². The molecule has 1 N–H and O–H groups in total. The number of rotatable bonds is 4. The second-order valence-corrected chi connectivity index (χ2v) is 5.38. The van der Waals surface area contributed by atoms with Crippen LogP contribution >= 0.6 is 12.4 Å². The number of nitrogens with one attached hydrogen (secondary N) is 1. The molecule has 0 saturated carbocycles. The van der Waals surface area contributed by atoms with E-state index in [0.29, 0.717) is 24.4 Å². The van der Waals surface area contributed by atoms with Crippen LogP contribution in [-0.4, -0.2) is 49.6 Å². The first-order valence-electron chi connectivity index (χ1n) is 7.28. The lowest BCUT2D eigenvalue weighted by atomic mass is 10.1. The van der Waals surface area contributed by atoms with Gasteiger partial charge in [-0.15, -0.1) is 12.4 Å². The Morgan fingerprint density at radius 1 is 1.32 bits per heavy atom. The van der Waals surface area contributed by atoms with E-state index in [-0.39, 0.29) is 24.3 Å². The van der Waals surface area contributed by atoms with E-state index in [4.69, 9.17) is 0 Å². The van der Waals surface area contributed by atoms with Gasteiger partial charge in [-0.2, -0.15) is 0 Å². The molecular weight excluding hydrogens is 304 g/mol. The van der Waals surface area contributed by atoms with Crippen molar-refractivity contribution in [2.75, 3.05) is 26.7 Å². The fraction of sp³-hybridized carbons (Fsp3) is 0.500. The van der Waals surface area contributed by atoms with E-state index in [0.717, 1.165) is 25.2 Å². The van der Waals surface area contributed by atoms with Crippen LogP contribution in [0.3, 0.4) is 0 Å². The van der Waals surface area contributed by atoms with E-state index in [2.05, 4.69) is 17.0 Å². The maximum absolute atomic E-state index is 12.2. The Balaban J connectivity index is 0.00000242. The average Bonchev–Trinajstić information content (AvgIpc) is 2.52. The minimum atomic E-state index is -0.340. The van der Waals surface area contributed by atoms with Gasteiger partial charge in [-0.3, -0.25) is 4.79 Å². The number of piperazine rings is 1. The highest BCUT2D eigenvalue weighted by Crippen LogP contribution is 2.10. The zero-order valence-electron chi connectivity index (χ0n) is 13.0. The highest BCUT2D eigenvalue weighted by Gasteiger charge is 2.19. The zero-order valence-corrected chi connectivity index (χ0v) is 13.8. The lowest BCUT2D eigenvalue weighted by Crippen LogP contribution is -2.51. The largest absolute Gasteiger partial charge is 0.465 e. The third-order valence-corrected chi connectivity index (χ3v) is 3.72. The van der Waals surface area contributed by atoms with Crippen molar-refractivity contribution >= 4 is 24.3 Å². The van der Waals surface area contributed by atoms with Crippen LogP contribution in [0.25, 0.3) is 0 Å². The summed E-state index contributed by atoms with van der Waals surface area (Å²) in [6.07, 6.45) is 1.20. The van der Waals surface area contributed by atoms with Crippen LogP contribution in [0.4, 0.5) is 0 Å². The third kappa shape index (κ3) is 5.00. The van der Waals surface area contributed by atoms with Crippen molar-refractivity contribution < 1.29 is 14.3 Å². The first-order chi connectivity index (χ1) is 10.1. The molecule has 1 amide bonds. The molecule has 0 aliphatic carbocycles. The second-order valence-electron chi connectivity index (χ2n) is 5.38. The quantitative estimate of drug-likeness (QED) is 0.855. The van der Waals surface area contributed by atoms with Gasteiger partial charge < -0.3 is 15.0 Å². The summed E-state index contributed by atoms with van der Waals surface area (Å²) in [6, 6.07) is 7.58. The summed E-state index contributed by atoms with van der Waals surface area (Å²) in [5.41, 5.74) is 1.59. The van der Waals surface area contributed by atoms with Gasteiger partial charge in [-0.25, -0.2) is 4.79 Å². The van der Waals surface area contributed by atoms with Crippen molar-refractivity contribution in [3.8, 4) is 0 Å². The Bertz CT molecular complexity index is 505. The summed E-state index contributed by atoms with van der Waals surface area (Å²) in [5.74, 6) is -0.146. The Morgan fingerprint density at radius 3 is 2.59 bits per heavy atom. The van der Waals surface area contributed by atoms with Crippen molar-refractivity contribution in [3.05, 3.63) is 35.4 Å². The number of esters is 1. The number of nitrogens with zero attached hydrogens (tertiary/aromatic N) is 1. The normalized spacial score (nSPS) is 17.5. The number of aryl methyl sites for hydroxylation is 1. The number of ether oxygens (including phenoxy) is 1. The van der Waals surface area contributed by atoms with Crippen LogP contribution in [0.1, 0.15) is 29.3 Å². The summed E-state index contributed by atoms with van der Waals surface area (Å²) < 4.78 is 4.66. The van der Waals surface area contributed by atoms with Crippen molar-refractivity contribution in [1.29, 1.82) is 0 Å². The van der Waals surface area contributed by atoms with Crippen LogP contribution in [0.2, 0.25) is 0 Å². The number of hydrogen-bond acceptors (Lipinski definition) is 4. The first kappa shape index (κ1) is 18.5. The summed E-state index contributed by atoms with van der Waals surface area (Å²) >= 11 is 0. The monoisotopic (exact) mass is 326 g/mol. The van der Waals surface area contributed by atoms with E-state index in [1.807, 2.05) is 17.0 Å². The molecular formula is C16H23ClN2O3. The third-order valence-electron chi connectivity index (χ3n) is 3.72. The molecule has 6 heteroatoms. The lowest BCUT2D eigenvalue weighted by Gasteiger charge is -2.32. The molecule has 2 rings (SSSR count). The van der Waals surface area contributed by atoms with Gasteiger partial charge >= 0.3 is 5.97 Å². The van der Waals surface area contributed by atoms with Crippen LogP contribution in [0.15, 0.2) is 24.3 Å². The Labute approximate surface area is 137 Å². The number of carbonyl (C=O) groups excluding carboxylic acids is 2. The fourth-order valence-corrected chi connectivity index (χ4v) is 2.49. The molecule has 0 bridgehead atoms. The molecule has 1 aromatic rings. The average molecular weight is 327 g/mol. The maximum Gasteiger partial charge on any atom is 0.337 e. The summed E-state index contributed by atoms with van der Waals surface area (Å²) in [5, 5.41) is 3.33. The van der Waals surface area contributed by atoms with Gasteiger partial charge in [0.05, 0.1) is 12.7 Å². The van der Waals surface area contributed by atoms with E-state index in [1.165, 1.54) is 7.11 Å². The molecule has 22 heavy (non-hydrogen) atoms. The van der Waals surface area contributed by atoms with Gasteiger partial charge in [-0.05, 0) is 31.0 Å². The molecule has 122 valence electrons. The first-order valence-corrected chi connectivity index (χ1v) is 7.28. The molecule has 0 spiro atoms. The molecule has 0 aromatic heterocycles. The SMILES string of the molecule is COC(=O)c1ccc(CCC(=O)N2CCN[C@H](C)C2)cc1.Cl. The highest BCUT2D eigenvalue weighted by molar-refractivity contribution is 5.89. The van der Waals surface area contributed by atoms with Gasteiger partial charge in [-0.1, -0.05) is 12.1 Å². The standard InChI is InChI=1S/C16H22N2O3.ClH/c1-12-11-18(10-9-17-12)15(19)8-5-13-3-6-14(7-4-13)16(20)21-2;/h3-4,6-7,12,17H,5,8-11H2,1-2H3;1H/t12-;/m1./s1. The molecule has 0 unspecified atom stereocenters. The van der Waals surface area contributed by atoms with Crippen molar-refractivity contribution in [3.63, 3.8) is 0 Å². The lowest BCUT2D eigenvalue weighted by molar-refractivity contribution is -0.132. The van der Waals surface area contributed by atoms with Gasteiger partial charge in [0.15, 0.2) is 0 Å². The summed E-state index contributed by atoms with van der Waals surface area (Å²) in [7, 11) is 1.36. The number of carbonyl (C=O) groups is 2. The van der Waals surface area contributed by atoms with E-state index >= 15 is 0 Å². The molecule has 5 nitrogen and oxygen atoms in total. The smallest absolute Gasteiger partial charge is 0.337 e. The second kappa shape index (κ2) is 8.76. The summed E-state index contributed by atoms with van der Waals surface area (Å²) in [6.45, 7) is 4.51. The van der Waals surface area contributed by atoms with Crippen LogP contribution in [0.5, 0.6) is 0 Å². The summed E-state index contributed by atoms with van der Waals surface area (Å²) in [4.78, 5) is 25.4. The predicted octanol–water partition coefficient (Wildman–Crippen LogP) is 1.65. The van der Waals surface area contributed by atoms with Gasteiger partial charge in [0.2, 0.25) is 5.91 Å². The van der Waals surface area contributed by atoms with E-state index in [1.54, 1.807) is 12.1 Å². The molecule has 0 radical (unpaired) electrons. The Morgan fingerprint density at radius 2 is 2.00 bits per heavy atom. The maximum atomic E-state index is 12.2. The van der Waals surface area contributed by atoms with Crippen LogP contribution in [0, 0.1) is 0 Å². The van der Waals surface area contributed by atoms with Crippen LogP contribution < -0.4 is 5.32 Å². The molecule has 1 fully saturated rings.